The van der Waals surface area contributed by atoms with E-state index in [9.17, 15) is 9.59 Å². The highest BCUT2D eigenvalue weighted by molar-refractivity contribution is 9.10. The summed E-state index contributed by atoms with van der Waals surface area (Å²) in [6.07, 6.45) is 0.655. The quantitative estimate of drug-likeness (QED) is 0.173. The summed E-state index contributed by atoms with van der Waals surface area (Å²) in [5, 5.41) is 9.18. The number of anilines is 2. The summed E-state index contributed by atoms with van der Waals surface area (Å²) in [6.45, 7) is 4.03. The van der Waals surface area contributed by atoms with Crippen molar-refractivity contribution in [3.63, 3.8) is 0 Å². The maximum Gasteiger partial charge on any atom is 0.263 e. The van der Waals surface area contributed by atoms with Crippen molar-refractivity contribution in [2.75, 3.05) is 24.9 Å². The van der Waals surface area contributed by atoms with Crippen LogP contribution in [0.25, 0.3) is 5.70 Å². The van der Waals surface area contributed by atoms with E-state index < -0.39 is 17.4 Å². The van der Waals surface area contributed by atoms with Crippen LogP contribution in [0.3, 0.4) is 0 Å². The molecule has 0 bridgehead atoms. The minimum absolute atomic E-state index is 0.0490. The summed E-state index contributed by atoms with van der Waals surface area (Å²) >= 11 is 6.81. The Hall–Kier alpha value is -3.30. The van der Waals surface area contributed by atoms with Crippen LogP contribution in [0.2, 0.25) is 0 Å². The number of benzene rings is 3. The van der Waals surface area contributed by atoms with E-state index in [-0.39, 0.29) is 5.57 Å². The van der Waals surface area contributed by atoms with Crippen LogP contribution in [0.4, 0.5) is 11.4 Å². The van der Waals surface area contributed by atoms with Gasteiger partial charge in [-0.3, -0.25) is 9.59 Å². The molecular weight excluding hydrogens is 602 g/mol. The third kappa shape index (κ3) is 6.17. The molecule has 37 heavy (non-hydrogen) atoms. The molecule has 4 rings (SSSR count). The van der Waals surface area contributed by atoms with E-state index in [4.69, 9.17) is 9.47 Å². The smallest absolute Gasteiger partial charge is 0.263 e. The van der Waals surface area contributed by atoms with Gasteiger partial charge in [0.1, 0.15) is 5.57 Å². The molecule has 7 nitrogen and oxygen atoms in total. The summed E-state index contributed by atoms with van der Waals surface area (Å²) in [5.74, 6) is -0.00421. The van der Waals surface area contributed by atoms with Crippen LogP contribution in [-0.4, -0.2) is 31.6 Å². The minimum atomic E-state index is -0.544. The van der Waals surface area contributed by atoms with Gasteiger partial charge in [0, 0.05) is 31.4 Å². The van der Waals surface area contributed by atoms with E-state index in [2.05, 4.69) is 47.8 Å². The van der Waals surface area contributed by atoms with Crippen molar-refractivity contribution in [3.05, 3.63) is 86.3 Å². The first kappa shape index (κ1) is 26.8. The van der Waals surface area contributed by atoms with Gasteiger partial charge in [-0.1, -0.05) is 31.9 Å². The Balaban J connectivity index is 1.87. The minimum Gasteiger partial charge on any atom is -0.493 e. The predicted molar refractivity (Wildman–Crippen MR) is 153 cm³/mol. The second-order valence-electron chi connectivity index (χ2n) is 9.22. The summed E-state index contributed by atoms with van der Waals surface area (Å²) in [7, 11) is 3.13. The predicted octanol–water partition coefficient (Wildman–Crippen LogP) is 6.14. The van der Waals surface area contributed by atoms with E-state index in [0.717, 1.165) is 14.5 Å². The van der Waals surface area contributed by atoms with Gasteiger partial charge in [0.05, 0.1) is 19.9 Å². The van der Waals surface area contributed by atoms with Crippen LogP contribution in [0.15, 0.2) is 75.2 Å². The number of hydrogen-bond acceptors (Lipinski definition) is 5. The van der Waals surface area contributed by atoms with Crippen molar-refractivity contribution >= 4 is 60.7 Å². The largest absolute Gasteiger partial charge is 0.493 e. The number of carbonyl (C=O) groups excluding carboxylic acids is 2. The molecule has 9 heteroatoms. The fourth-order valence-electron chi connectivity index (χ4n) is 4.21. The summed E-state index contributed by atoms with van der Waals surface area (Å²) in [6, 6.07) is 18.0. The molecule has 3 aromatic rings. The normalized spacial score (nSPS) is 13.6. The average molecular weight is 629 g/mol. The van der Waals surface area contributed by atoms with E-state index in [0.29, 0.717) is 40.6 Å². The van der Waals surface area contributed by atoms with Crippen molar-refractivity contribution < 1.29 is 19.1 Å². The number of rotatable bonds is 6. The molecule has 0 radical (unpaired) electrons. The zero-order chi connectivity index (χ0) is 26.7. The maximum absolute atomic E-state index is 13.7. The SMILES string of the molecule is COc1cc2c(cc1OC)C(=C(C(=O)Nc1ccc(Br)cc1)C(=O)Nc1ccc(Br)cc1)NC(C)(C)C2. The van der Waals surface area contributed by atoms with E-state index in [1.54, 1.807) is 44.6 Å². The van der Waals surface area contributed by atoms with Crippen molar-refractivity contribution in [1.29, 1.82) is 0 Å². The molecule has 3 N–H and O–H groups in total. The van der Waals surface area contributed by atoms with Crippen LogP contribution in [0.5, 0.6) is 11.5 Å². The Morgan fingerprint density at radius 2 is 1.27 bits per heavy atom. The molecule has 0 aliphatic carbocycles. The zero-order valence-corrected chi connectivity index (χ0v) is 24.0. The third-order valence-corrected chi connectivity index (χ3v) is 6.94. The lowest BCUT2D eigenvalue weighted by Gasteiger charge is -2.37. The van der Waals surface area contributed by atoms with Gasteiger partial charge in [-0.15, -0.1) is 0 Å². The van der Waals surface area contributed by atoms with Gasteiger partial charge in [-0.25, -0.2) is 0 Å². The molecule has 0 aromatic heterocycles. The van der Waals surface area contributed by atoms with Crippen LogP contribution in [-0.2, 0) is 16.0 Å². The van der Waals surface area contributed by atoms with Crippen molar-refractivity contribution in [1.82, 2.24) is 5.32 Å². The number of methoxy groups -OCH3 is 2. The van der Waals surface area contributed by atoms with Crippen LogP contribution < -0.4 is 25.4 Å². The standard InChI is InChI=1S/C28H27Br2N3O4/c1-28(2)15-16-13-22(36-3)23(37-4)14-21(16)25(33-28)24(26(34)31-19-9-5-17(29)6-10-19)27(35)32-20-11-7-18(30)8-12-20/h5-14,33H,15H2,1-4H3,(H,31,34)(H,32,35). The first-order valence-corrected chi connectivity index (χ1v) is 13.1. The Morgan fingerprint density at radius 3 is 1.73 bits per heavy atom. The van der Waals surface area contributed by atoms with Gasteiger partial charge in [0.25, 0.3) is 11.8 Å². The molecule has 0 fully saturated rings. The zero-order valence-electron chi connectivity index (χ0n) is 20.9. The molecule has 0 atom stereocenters. The second kappa shape index (κ2) is 11.0. The first-order chi connectivity index (χ1) is 17.6. The van der Waals surface area contributed by atoms with Gasteiger partial charge >= 0.3 is 0 Å². The summed E-state index contributed by atoms with van der Waals surface area (Å²) in [5.41, 5.74) is 2.67. The highest BCUT2D eigenvalue weighted by Crippen LogP contribution is 2.39. The fourth-order valence-corrected chi connectivity index (χ4v) is 4.74. The second-order valence-corrected chi connectivity index (χ2v) is 11.1. The Kier molecular flexibility index (Phi) is 7.94. The van der Waals surface area contributed by atoms with Crippen LogP contribution >= 0.6 is 31.9 Å². The number of carbonyl (C=O) groups is 2. The Labute approximate surface area is 232 Å². The summed E-state index contributed by atoms with van der Waals surface area (Å²) < 4.78 is 12.8. The lowest BCUT2D eigenvalue weighted by Crippen LogP contribution is -2.45. The number of amides is 2. The van der Waals surface area contributed by atoms with Gasteiger partial charge in [0.2, 0.25) is 0 Å². The fraction of sp³-hybridized carbons (Fsp3) is 0.214. The highest BCUT2D eigenvalue weighted by atomic mass is 79.9. The van der Waals surface area contributed by atoms with E-state index in [1.165, 1.54) is 0 Å². The summed E-state index contributed by atoms with van der Waals surface area (Å²) in [4.78, 5) is 27.5. The number of fused-ring (bicyclic) bond motifs is 1. The lowest BCUT2D eigenvalue weighted by atomic mass is 9.84. The molecule has 0 unspecified atom stereocenters. The average Bonchev–Trinajstić information content (AvgIpc) is 2.85. The van der Waals surface area contributed by atoms with Crippen LogP contribution in [0, 0.1) is 0 Å². The highest BCUT2D eigenvalue weighted by Gasteiger charge is 2.35. The molecule has 1 aliphatic rings. The van der Waals surface area contributed by atoms with E-state index in [1.807, 2.05) is 44.2 Å². The van der Waals surface area contributed by atoms with Gasteiger partial charge < -0.3 is 25.4 Å². The number of hydrogen-bond donors (Lipinski definition) is 3. The van der Waals surface area contributed by atoms with Crippen molar-refractivity contribution in [2.45, 2.75) is 25.8 Å². The molecule has 0 saturated carbocycles. The molecule has 1 aliphatic heterocycles. The first-order valence-electron chi connectivity index (χ1n) is 11.5. The van der Waals surface area contributed by atoms with Gasteiger partial charge in [-0.05, 0) is 86.5 Å². The van der Waals surface area contributed by atoms with Crippen LogP contribution in [0.1, 0.15) is 25.0 Å². The van der Waals surface area contributed by atoms with Gasteiger partial charge in [0.15, 0.2) is 11.5 Å². The number of nitrogens with one attached hydrogen (secondary N) is 3. The molecule has 1 heterocycles. The van der Waals surface area contributed by atoms with Crippen molar-refractivity contribution in [3.8, 4) is 11.5 Å². The molecular formula is C28H27Br2N3O4. The topological polar surface area (TPSA) is 88.7 Å². The maximum atomic E-state index is 13.7. The van der Waals surface area contributed by atoms with Crippen molar-refractivity contribution in [2.24, 2.45) is 0 Å². The monoisotopic (exact) mass is 627 g/mol. The number of ether oxygens (including phenoxy) is 2. The lowest BCUT2D eigenvalue weighted by molar-refractivity contribution is -0.118. The number of halogens is 2. The Bertz CT molecular complexity index is 1310. The molecule has 3 aromatic carbocycles. The molecule has 192 valence electrons. The van der Waals surface area contributed by atoms with E-state index >= 15 is 0 Å². The molecule has 0 saturated heterocycles. The molecule has 0 spiro atoms. The molecule has 2 amide bonds. The Morgan fingerprint density at radius 1 is 0.811 bits per heavy atom. The third-order valence-electron chi connectivity index (χ3n) is 5.88. The van der Waals surface area contributed by atoms with Gasteiger partial charge in [-0.2, -0.15) is 0 Å².